The minimum Gasteiger partial charge on any atom is -0.387 e. The predicted molar refractivity (Wildman–Crippen MR) is 63.6 cm³/mol. The summed E-state index contributed by atoms with van der Waals surface area (Å²) in [5.41, 5.74) is 1.88. The van der Waals surface area contributed by atoms with Gasteiger partial charge in [-0.25, -0.2) is 0 Å². The number of anilines is 2. The fourth-order valence-electron chi connectivity index (χ4n) is 1.39. The van der Waals surface area contributed by atoms with E-state index in [1.165, 1.54) is 0 Å². The van der Waals surface area contributed by atoms with E-state index < -0.39 is 0 Å². The second-order valence-corrected chi connectivity index (χ2v) is 3.59. The number of hydrogen-bond acceptors (Lipinski definition) is 5. The van der Waals surface area contributed by atoms with Crippen molar-refractivity contribution in [1.29, 1.82) is 0 Å². The molecule has 0 bridgehead atoms. The summed E-state index contributed by atoms with van der Waals surface area (Å²) in [5, 5.41) is 6.97. The Morgan fingerprint density at radius 2 is 2.00 bits per heavy atom. The second kappa shape index (κ2) is 4.22. The average Bonchev–Trinajstić information content (AvgIpc) is 2.78. The van der Waals surface area contributed by atoms with E-state index in [4.69, 9.17) is 4.52 Å². The fraction of sp³-hybridized carbons (Fsp3) is 0.273. The van der Waals surface area contributed by atoms with Gasteiger partial charge in [0.25, 0.3) is 11.8 Å². The van der Waals surface area contributed by atoms with Crippen LogP contribution in [0.2, 0.25) is 0 Å². The van der Waals surface area contributed by atoms with Crippen molar-refractivity contribution in [2.75, 3.05) is 31.4 Å². The molecule has 0 aliphatic rings. The highest BCUT2D eigenvalue weighted by Crippen LogP contribution is 2.26. The maximum Gasteiger partial charge on any atom is 0.265 e. The van der Waals surface area contributed by atoms with Gasteiger partial charge in [0.05, 0.1) is 5.56 Å². The Kier molecular flexibility index (Phi) is 2.76. The highest BCUT2D eigenvalue weighted by Gasteiger charge is 2.12. The predicted octanol–water partition coefficient (Wildman–Crippen LogP) is 1.84. The molecule has 0 fully saturated rings. The van der Waals surface area contributed by atoms with Gasteiger partial charge in [0.15, 0.2) is 0 Å². The summed E-state index contributed by atoms with van der Waals surface area (Å²) in [6, 6.07) is 7.81. The minimum absolute atomic E-state index is 0.522. The Labute approximate surface area is 94.1 Å². The first-order chi connectivity index (χ1) is 7.72. The Morgan fingerprint density at radius 3 is 2.62 bits per heavy atom. The molecule has 0 unspecified atom stereocenters. The molecule has 1 N–H and O–H groups in total. The van der Waals surface area contributed by atoms with Crippen molar-refractivity contribution < 1.29 is 4.52 Å². The fourth-order valence-corrected chi connectivity index (χ4v) is 1.39. The van der Waals surface area contributed by atoms with Gasteiger partial charge in [0.1, 0.15) is 0 Å². The van der Waals surface area contributed by atoms with Gasteiger partial charge in [-0.15, -0.1) is 0 Å². The largest absolute Gasteiger partial charge is 0.387 e. The standard InChI is InChI=1S/C11H14N4O/c1-12-9-7-5-4-6-8(9)10-13-11(14-16-10)15(2)3/h4-7,12H,1-3H3. The minimum atomic E-state index is 0.522. The highest BCUT2D eigenvalue weighted by molar-refractivity contribution is 5.72. The Balaban J connectivity index is 2.42. The molecule has 1 aromatic carbocycles. The lowest BCUT2D eigenvalue weighted by atomic mass is 10.2. The molecule has 0 spiro atoms. The topological polar surface area (TPSA) is 54.2 Å². The zero-order valence-electron chi connectivity index (χ0n) is 9.56. The van der Waals surface area contributed by atoms with E-state index in [1.54, 1.807) is 4.90 Å². The number of para-hydroxylation sites is 1. The molecule has 16 heavy (non-hydrogen) atoms. The van der Waals surface area contributed by atoms with Crippen LogP contribution in [-0.4, -0.2) is 31.3 Å². The smallest absolute Gasteiger partial charge is 0.265 e. The van der Waals surface area contributed by atoms with Gasteiger partial charge >= 0.3 is 0 Å². The molecular weight excluding hydrogens is 204 g/mol. The van der Waals surface area contributed by atoms with Crippen LogP contribution in [0.15, 0.2) is 28.8 Å². The highest BCUT2D eigenvalue weighted by atomic mass is 16.5. The van der Waals surface area contributed by atoms with Crippen molar-refractivity contribution in [1.82, 2.24) is 10.1 Å². The van der Waals surface area contributed by atoms with E-state index in [9.17, 15) is 0 Å². The molecule has 5 heteroatoms. The number of nitrogens with zero attached hydrogens (tertiary/aromatic N) is 3. The number of aromatic nitrogens is 2. The SMILES string of the molecule is CNc1ccccc1-c1nc(N(C)C)no1. The van der Waals surface area contributed by atoms with Crippen LogP contribution in [-0.2, 0) is 0 Å². The monoisotopic (exact) mass is 218 g/mol. The second-order valence-electron chi connectivity index (χ2n) is 3.59. The first-order valence-electron chi connectivity index (χ1n) is 5.00. The Morgan fingerprint density at radius 1 is 1.25 bits per heavy atom. The normalized spacial score (nSPS) is 10.2. The quantitative estimate of drug-likeness (QED) is 0.852. The van der Waals surface area contributed by atoms with E-state index in [0.717, 1.165) is 11.3 Å². The summed E-state index contributed by atoms with van der Waals surface area (Å²) in [6.45, 7) is 0. The number of nitrogens with one attached hydrogen (secondary N) is 1. The van der Waals surface area contributed by atoms with Gasteiger partial charge in [0, 0.05) is 26.8 Å². The van der Waals surface area contributed by atoms with E-state index in [0.29, 0.717) is 11.8 Å². The first-order valence-corrected chi connectivity index (χ1v) is 5.00. The molecule has 0 radical (unpaired) electrons. The van der Waals surface area contributed by atoms with Crippen LogP contribution in [0.25, 0.3) is 11.5 Å². The molecule has 5 nitrogen and oxygen atoms in total. The zero-order valence-corrected chi connectivity index (χ0v) is 9.56. The Bertz CT molecular complexity index is 478. The molecule has 0 saturated heterocycles. The number of rotatable bonds is 3. The van der Waals surface area contributed by atoms with E-state index in [-0.39, 0.29) is 0 Å². The molecule has 2 aromatic rings. The lowest BCUT2D eigenvalue weighted by molar-refractivity contribution is 0.431. The summed E-state index contributed by atoms with van der Waals surface area (Å²) in [6.07, 6.45) is 0. The summed E-state index contributed by atoms with van der Waals surface area (Å²) in [7, 11) is 5.61. The van der Waals surface area contributed by atoms with E-state index in [2.05, 4.69) is 15.5 Å². The van der Waals surface area contributed by atoms with Gasteiger partial charge in [-0.2, -0.15) is 4.98 Å². The maximum atomic E-state index is 5.21. The summed E-state index contributed by atoms with van der Waals surface area (Å²) in [4.78, 5) is 6.10. The number of benzene rings is 1. The molecule has 1 heterocycles. The maximum absolute atomic E-state index is 5.21. The third-order valence-corrected chi connectivity index (χ3v) is 2.24. The van der Waals surface area contributed by atoms with Gasteiger partial charge in [0.2, 0.25) is 0 Å². The lowest BCUT2D eigenvalue weighted by Gasteiger charge is -2.04. The van der Waals surface area contributed by atoms with Gasteiger partial charge < -0.3 is 14.7 Å². The van der Waals surface area contributed by atoms with Crippen molar-refractivity contribution in [3.63, 3.8) is 0 Å². The van der Waals surface area contributed by atoms with E-state index in [1.807, 2.05) is 45.4 Å². The third kappa shape index (κ3) is 1.84. The molecule has 0 aliphatic carbocycles. The van der Waals surface area contributed by atoms with Crippen molar-refractivity contribution in [3.8, 4) is 11.5 Å². The summed E-state index contributed by atoms with van der Waals surface area (Å²) in [5.74, 6) is 1.09. The molecule has 0 aliphatic heterocycles. The van der Waals surface area contributed by atoms with Crippen LogP contribution >= 0.6 is 0 Å². The zero-order chi connectivity index (χ0) is 11.5. The Hall–Kier alpha value is -2.04. The van der Waals surface area contributed by atoms with Crippen LogP contribution < -0.4 is 10.2 Å². The van der Waals surface area contributed by atoms with Crippen LogP contribution in [0.4, 0.5) is 11.6 Å². The van der Waals surface area contributed by atoms with Gasteiger partial charge in [-0.3, -0.25) is 0 Å². The molecule has 2 rings (SSSR count). The average molecular weight is 218 g/mol. The van der Waals surface area contributed by atoms with Crippen molar-refractivity contribution in [2.45, 2.75) is 0 Å². The lowest BCUT2D eigenvalue weighted by Crippen LogP contribution is -2.10. The summed E-state index contributed by atoms with van der Waals surface area (Å²) < 4.78 is 5.21. The molecule has 0 atom stereocenters. The summed E-state index contributed by atoms with van der Waals surface area (Å²) >= 11 is 0. The van der Waals surface area contributed by atoms with Crippen molar-refractivity contribution in [3.05, 3.63) is 24.3 Å². The van der Waals surface area contributed by atoms with Crippen LogP contribution in [0.5, 0.6) is 0 Å². The number of hydrogen-bond donors (Lipinski definition) is 1. The van der Waals surface area contributed by atoms with Gasteiger partial charge in [-0.05, 0) is 17.3 Å². The molecule has 0 amide bonds. The van der Waals surface area contributed by atoms with E-state index >= 15 is 0 Å². The van der Waals surface area contributed by atoms with Crippen LogP contribution in [0, 0.1) is 0 Å². The van der Waals surface area contributed by atoms with Crippen LogP contribution in [0.3, 0.4) is 0 Å². The van der Waals surface area contributed by atoms with Crippen LogP contribution in [0.1, 0.15) is 0 Å². The first kappa shape index (κ1) is 10.5. The molecular formula is C11H14N4O. The molecule has 0 saturated carbocycles. The van der Waals surface area contributed by atoms with Crippen molar-refractivity contribution in [2.24, 2.45) is 0 Å². The molecule has 84 valence electrons. The van der Waals surface area contributed by atoms with Gasteiger partial charge in [-0.1, -0.05) is 12.1 Å². The van der Waals surface area contributed by atoms with Crippen molar-refractivity contribution >= 4 is 11.6 Å². The molecule has 1 aromatic heterocycles. The third-order valence-electron chi connectivity index (χ3n) is 2.24.